The Kier molecular flexibility index (Phi) is 2.43. The van der Waals surface area contributed by atoms with Gasteiger partial charge in [0.05, 0.1) is 0 Å². The maximum Gasteiger partial charge on any atom is 0.150 e. The van der Waals surface area contributed by atoms with E-state index in [9.17, 15) is 9.18 Å². The molecule has 1 N–H and O–H groups in total. The molecule has 0 heterocycles. The van der Waals surface area contributed by atoms with Crippen molar-refractivity contribution in [3.8, 4) is 5.75 Å². The average molecular weight is 168 g/mol. The highest BCUT2D eigenvalue weighted by atomic mass is 19.1. The van der Waals surface area contributed by atoms with Gasteiger partial charge in [0.2, 0.25) is 0 Å². The molecule has 0 amide bonds. The van der Waals surface area contributed by atoms with Crippen LogP contribution in [0.25, 0.3) is 0 Å². The van der Waals surface area contributed by atoms with Gasteiger partial charge in [0, 0.05) is 11.1 Å². The summed E-state index contributed by atoms with van der Waals surface area (Å²) in [4.78, 5) is 10.3. The molecule has 1 atom stereocenters. The lowest BCUT2D eigenvalue weighted by atomic mass is 10.1. The molecular formula is C9H9FO2. The number of phenolic OH excluding ortho intramolecular Hbond substituents is 1. The van der Waals surface area contributed by atoms with Crippen LogP contribution in [0.15, 0.2) is 18.2 Å². The second-order valence-corrected chi connectivity index (χ2v) is 2.55. The van der Waals surface area contributed by atoms with Crippen LogP contribution in [0.4, 0.5) is 4.39 Å². The van der Waals surface area contributed by atoms with E-state index in [1.54, 1.807) is 0 Å². The fourth-order valence-corrected chi connectivity index (χ4v) is 0.965. The molecule has 0 saturated carbocycles. The van der Waals surface area contributed by atoms with Crippen molar-refractivity contribution in [2.24, 2.45) is 0 Å². The maximum absolute atomic E-state index is 12.7. The molecule has 0 radical (unpaired) electrons. The van der Waals surface area contributed by atoms with Crippen molar-refractivity contribution < 1.29 is 14.3 Å². The third-order valence-corrected chi connectivity index (χ3v) is 1.62. The summed E-state index contributed by atoms with van der Waals surface area (Å²) >= 11 is 0. The van der Waals surface area contributed by atoms with Gasteiger partial charge in [-0.1, -0.05) is 0 Å². The van der Waals surface area contributed by atoms with Gasteiger partial charge in [-0.25, -0.2) is 4.39 Å². The van der Waals surface area contributed by atoms with Gasteiger partial charge in [0.15, 0.2) is 0 Å². The number of aromatic hydroxyl groups is 1. The quantitative estimate of drug-likeness (QED) is 0.687. The first-order chi connectivity index (χ1) is 5.65. The van der Waals surface area contributed by atoms with Crippen molar-refractivity contribution in [3.63, 3.8) is 0 Å². The van der Waals surface area contributed by atoms with Crippen LogP contribution in [-0.2, 0) is 0 Å². The zero-order valence-corrected chi connectivity index (χ0v) is 6.62. The van der Waals surface area contributed by atoms with Crippen LogP contribution < -0.4 is 0 Å². The third-order valence-electron chi connectivity index (χ3n) is 1.62. The molecule has 0 aromatic heterocycles. The SMILES string of the molecule is CC(F)c1cc(C=O)ccc1O. The van der Waals surface area contributed by atoms with Crippen LogP contribution >= 0.6 is 0 Å². The normalized spacial score (nSPS) is 12.5. The Labute approximate surface area is 69.6 Å². The summed E-state index contributed by atoms with van der Waals surface area (Å²) in [6.07, 6.45) is -0.643. The molecule has 0 aliphatic heterocycles. The summed E-state index contributed by atoms with van der Waals surface area (Å²) in [7, 11) is 0. The molecule has 1 aromatic rings. The van der Waals surface area contributed by atoms with Crippen LogP contribution in [0.2, 0.25) is 0 Å². The minimum atomic E-state index is -1.26. The highest BCUT2D eigenvalue weighted by Crippen LogP contribution is 2.26. The van der Waals surface area contributed by atoms with Crippen LogP contribution in [0.1, 0.15) is 29.0 Å². The maximum atomic E-state index is 12.7. The molecule has 0 spiro atoms. The Hall–Kier alpha value is -1.38. The van der Waals surface area contributed by atoms with E-state index in [0.29, 0.717) is 11.8 Å². The van der Waals surface area contributed by atoms with Gasteiger partial charge in [0.25, 0.3) is 0 Å². The van der Waals surface area contributed by atoms with Gasteiger partial charge < -0.3 is 5.11 Å². The first-order valence-corrected chi connectivity index (χ1v) is 3.57. The first kappa shape index (κ1) is 8.71. The van der Waals surface area contributed by atoms with E-state index in [0.717, 1.165) is 0 Å². The molecule has 64 valence electrons. The van der Waals surface area contributed by atoms with Crippen molar-refractivity contribution >= 4 is 6.29 Å². The van der Waals surface area contributed by atoms with Gasteiger partial charge in [-0.05, 0) is 25.1 Å². The minimum Gasteiger partial charge on any atom is -0.508 e. The lowest BCUT2D eigenvalue weighted by molar-refractivity contribution is 0.112. The number of phenols is 1. The zero-order chi connectivity index (χ0) is 9.14. The van der Waals surface area contributed by atoms with Crippen molar-refractivity contribution in [3.05, 3.63) is 29.3 Å². The Morgan fingerprint density at radius 3 is 2.75 bits per heavy atom. The van der Waals surface area contributed by atoms with E-state index in [1.165, 1.54) is 25.1 Å². The largest absolute Gasteiger partial charge is 0.508 e. The summed E-state index contributed by atoms with van der Waals surface area (Å²) in [5.41, 5.74) is 0.520. The van der Waals surface area contributed by atoms with Gasteiger partial charge in [-0.3, -0.25) is 4.79 Å². The number of hydrogen-bond donors (Lipinski definition) is 1. The number of alkyl halides is 1. The van der Waals surface area contributed by atoms with Gasteiger partial charge >= 0.3 is 0 Å². The van der Waals surface area contributed by atoms with E-state index in [4.69, 9.17) is 5.11 Å². The van der Waals surface area contributed by atoms with Crippen LogP contribution in [0, 0.1) is 0 Å². The first-order valence-electron chi connectivity index (χ1n) is 3.57. The van der Waals surface area contributed by atoms with E-state index >= 15 is 0 Å². The van der Waals surface area contributed by atoms with E-state index in [2.05, 4.69) is 0 Å². The van der Waals surface area contributed by atoms with E-state index in [-0.39, 0.29) is 11.3 Å². The average Bonchev–Trinajstić information content (AvgIpc) is 2.05. The molecule has 0 saturated heterocycles. The Morgan fingerprint density at radius 1 is 1.58 bits per heavy atom. The fourth-order valence-electron chi connectivity index (χ4n) is 0.965. The molecular weight excluding hydrogens is 159 g/mol. The second kappa shape index (κ2) is 3.34. The summed E-state index contributed by atoms with van der Waals surface area (Å²) in [5, 5.41) is 9.14. The van der Waals surface area contributed by atoms with E-state index in [1.807, 2.05) is 0 Å². The van der Waals surface area contributed by atoms with Crippen molar-refractivity contribution in [2.45, 2.75) is 13.1 Å². The minimum absolute atomic E-state index is 0.115. The number of hydrogen-bond acceptors (Lipinski definition) is 2. The van der Waals surface area contributed by atoms with Gasteiger partial charge in [-0.2, -0.15) is 0 Å². The number of benzene rings is 1. The number of halogens is 1. The summed E-state index contributed by atoms with van der Waals surface area (Å²) in [6.45, 7) is 1.31. The van der Waals surface area contributed by atoms with Crippen LogP contribution in [-0.4, -0.2) is 11.4 Å². The van der Waals surface area contributed by atoms with E-state index < -0.39 is 6.17 Å². The molecule has 0 aliphatic rings. The summed E-state index contributed by atoms with van der Waals surface area (Å²) in [6, 6.07) is 4.09. The second-order valence-electron chi connectivity index (χ2n) is 2.55. The number of rotatable bonds is 2. The smallest absolute Gasteiger partial charge is 0.150 e. The molecule has 1 rings (SSSR count). The predicted molar refractivity (Wildman–Crippen MR) is 43.0 cm³/mol. The summed E-state index contributed by atoms with van der Waals surface area (Å²) < 4.78 is 12.7. The number of aldehydes is 1. The van der Waals surface area contributed by atoms with Crippen molar-refractivity contribution in [1.29, 1.82) is 0 Å². The molecule has 0 aliphatic carbocycles. The van der Waals surface area contributed by atoms with Crippen LogP contribution in [0.3, 0.4) is 0 Å². The molecule has 0 bridgehead atoms. The molecule has 1 aromatic carbocycles. The Balaban J connectivity index is 3.16. The fraction of sp³-hybridized carbons (Fsp3) is 0.222. The van der Waals surface area contributed by atoms with Gasteiger partial charge in [0.1, 0.15) is 18.2 Å². The molecule has 3 heteroatoms. The zero-order valence-electron chi connectivity index (χ0n) is 6.62. The third kappa shape index (κ3) is 1.61. The monoisotopic (exact) mass is 168 g/mol. The van der Waals surface area contributed by atoms with Crippen molar-refractivity contribution in [2.75, 3.05) is 0 Å². The topological polar surface area (TPSA) is 37.3 Å². The molecule has 12 heavy (non-hydrogen) atoms. The number of carbonyl (C=O) groups is 1. The highest BCUT2D eigenvalue weighted by Gasteiger charge is 2.08. The lowest BCUT2D eigenvalue weighted by Crippen LogP contribution is -1.89. The molecule has 0 fully saturated rings. The Morgan fingerprint density at radius 2 is 2.25 bits per heavy atom. The van der Waals surface area contributed by atoms with Crippen LogP contribution in [0.5, 0.6) is 5.75 Å². The predicted octanol–water partition coefficient (Wildman–Crippen LogP) is 2.24. The standard InChI is InChI=1S/C9H9FO2/c1-6(10)8-4-7(5-11)2-3-9(8)12/h2-6,12H,1H3. The molecule has 1 unspecified atom stereocenters. The number of carbonyl (C=O) groups excluding carboxylic acids is 1. The summed E-state index contributed by atoms with van der Waals surface area (Å²) in [5.74, 6) is -0.115. The molecule has 2 nitrogen and oxygen atoms in total. The van der Waals surface area contributed by atoms with Gasteiger partial charge in [-0.15, -0.1) is 0 Å². The lowest BCUT2D eigenvalue weighted by Gasteiger charge is -2.05. The Bertz CT molecular complexity index is 295. The van der Waals surface area contributed by atoms with Crippen molar-refractivity contribution in [1.82, 2.24) is 0 Å². The highest BCUT2D eigenvalue weighted by molar-refractivity contribution is 5.75.